The number of ether oxygens (including phenoxy) is 1. The van der Waals surface area contributed by atoms with Gasteiger partial charge in [0.05, 0.1) is 10.6 Å². The van der Waals surface area contributed by atoms with Gasteiger partial charge in [-0.2, -0.15) is 5.10 Å². The van der Waals surface area contributed by atoms with Gasteiger partial charge < -0.3 is 4.74 Å². The number of rotatable bonds is 5. The molecule has 0 bridgehead atoms. The third kappa shape index (κ3) is 4.85. The topological polar surface area (TPSA) is 50.7 Å². The van der Waals surface area contributed by atoms with Crippen molar-refractivity contribution in [2.45, 2.75) is 0 Å². The maximum absolute atomic E-state index is 11.5. The van der Waals surface area contributed by atoms with Gasteiger partial charge in [0.2, 0.25) is 0 Å². The third-order valence-electron chi connectivity index (χ3n) is 2.16. The molecule has 0 fully saturated rings. The lowest BCUT2D eigenvalue weighted by Gasteiger charge is -2.04. The number of hydrogen-bond donors (Lipinski definition) is 1. The van der Waals surface area contributed by atoms with Gasteiger partial charge in [-0.3, -0.25) is 4.79 Å². The first-order valence-corrected chi connectivity index (χ1v) is 7.16. The molecule has 1 aromatic heterocycles. The quantitative estimate of drug-likeness (QED) is 0.673. The van der Waals surface area contributed by atoms with Crippen LogP contribution in [0.3, 0.4) is 0 Å². The molecule has 104 valence electrons. The SMILES string of the molecule is O=C(COc1ccc(Cl)cc1)N/N=C\c1ccc(Cl)s1. The molecule has 0 aliphatic rings. The molecule has 2 rings (SSSR count). The second-order valence-electron chi connectivity index (χ2n) is 3.68. The number of halogens is 2. The first-order valence-electron chi connectivity index (χ1n) is 5.59. The molecule has 0 saturated carbocycles. The smallest absolute Gasteiger partial charge is 0.277 e. The number of nitrogens with one attached hydrogen (secondary N) is 1. The highest BCUT2D eigenvalue weighted by Gasteiger charge is 2.01. The average Bonchev–Trinajstić information content (AvgIpc) is 2.84. The molecular weight excluding hydrogens is 319 g/mol. The summed E-state index contributed by atoms with van der Waals surface area (Å²) in [5, 5.41) is 4.42. The molecule has 0 radical (unpaired) electrons. The molecule has 0 spiro atoms. The summed E-state index contributed by atoms with van der Waals surface area (Å²) in [7, 11) is 0. The molecule has 0 aliphatic heterocycles. The molecule has 1 N–H and O–H groups in total. The van der Waals surface area contributed by atoms with Crippen molar-refractivity contribution in [2.24, 2.45) is 5.10 Å². The van der Waals surface area contributed by atoms with Crippen molar-refractivity contribution in [3.8, 4) is 5.75 Å². The lowest BCUT2D eigenvalue weighted by molar-refractivity contribution is -0.123. The number of hydrazone groups is 1. The largest absolute Gasteiger partial charge is 0.484 e. The summed E-state index contributed by atoms with van der Waals surface area (Å²) < 4.78 is 5.94. The highest BCUT2D eigenvalue weighted by molar-refractivity contribution is 7.17. The lowest BCUT2D eigenvalue weighted by Crippen LogP contribution is -2.24. The van der Waals surface area contributed by atoms with Gasteiger partial charge in [-0.15, -0.1) is 11.3 Å². The maximum atomic E-state index is 11.5. The first-order chi connectivity index (χ1) is 9.63. The molecule has 1 amide bonds. The Morgan fingerprint density at radius 1 is 1.25 bits per heavy atom. The van der Waals surface area contributed by atoms with E-state index in [0.717, 1.165) is 4.88 Å². The van der Waals surface area contributed by atoms with E-state index in [2.05, 4.69) is 10.5 Å². The zero-order chi connectivity index (χ0) is 14.4. The summed E-state index contributed by atoms with van der Waals surface area (Å²) in [5.41, 5.74) is 2.37. The molecule has 1 aromatic carbocycles. The first kappa shape index (κ1) is 14.8. The average molecular weight is 329 g/mol. The fourth-order valence-corrected chi connectivity index (χ4v) is 2.34. The van der Waals surface area contributed by atoms with Crippen LogP contribution in [0.2, 0.25) is 9.36 Å². The van der Waals surface area contributed by atoms with Gasteiger partial charge in [-0.25, -0.2) is 5.43 Å². The molecule has 7 heteroatoms. The van der Waals surface area contributed by atoms with Crippen LogP contribution in [0, 0.1) is 0 Å². The Kier molecular flexibility index (Phi) is 5.40. The van der Waals surface area contributed by atoms with Crippen LogP contribution in [0.4, 0.5) is 0 Å². The van der Waals surface area contributed by atoms with Gasteiger partial charge in [0.25, 0.3) is 5.91 Å². The van der Waals surface area contributed by atoms with Crippen LogP contribution in [-0.4, -0.2) is 18.7 Å². The highest BCUT2D eigenvalue weighted by Crippen LogP contribution is 2.19. The Morgan fingerprint density at radius 3 is 2.65 bits per heavy atom. The minimum atomic E-state index is -0.348. The number of amides is 1. The van der Waals surface area contributed by atoms with Crippen molar-refractivity contribution in [1.29, 1.82) is 0 Å². The van der Waals surface area contributed by atoms with Crippen LogP contribution in [0.1, 0.15) is 4.88 Å². The molecular formula is C13H10Cl2N2O2S. The standard InChI is InChI=1S/C13H10Cl2N2O2S/c14-9-1-3-10(4-2-9)19-8-13(18)17-16-7-11-5-6-12(15)20-11/h1-7H,8H2,(H,17,18)/b16-7-. The van der Waals surface area contributed by atoms with E-state index in [1.807, 2.05) is 6.07 Å². The van der Waals surface area contributed by atoms with Gasteiger partial charge in [-0.1, -0.05) is 23.2 Å². The van der Waals surface area contributed by atoms with E-state index < -0.39 is 0 Å². The molecule has 0 atom stereocenters. The van der Waals surface area contributed by atoms with Gasteiger partial charge in [0.15, 0.2) is 6.61 Å². The van der Waals surface area contributed by atoms with E-state index in [0.29, 0.717) is 15.1 Å². The fourth-order valence-electron chi connectivity index (χ4n) is 1.28. The van der Waals surface area contributed by atoms with Crippen LogP contribution in [0.5, 0.6) is 5.75 Å². The fraction of sp³-hybridized carbons (Fsp3) is 0.0769. The van der Waals surface area contributed by atoms with E-state index >= 15 is 0 Å². The highest BCUT2D eigenvalue weighted by atomic mass is 35.5. The predicted octanol–water partition coefficient (Wildman–Crippen LogP) is 3.58. The zero-order valence-corrected chi connectivity index (χ0v) is 12.5. The van der Waals surface area contributed by atoms with Crippen molar-refractivity contribution < 1.29 is 9.53 Å². The zero-order valence-electron chi connectivity index (χ0n) is 10.2. The van der Waals surface area contributed by atoms with Crippen LogP contribution in [0.25, 0.3) is 0 Å². The Bertz CT molecular complexity index is 611. The monoisotopic (exact) mass is 328 g/mol. The van der Waals surface area contributed by atoms with Crippen LogP contribution < -0.4 is 10.2 Å². The van der Waals surface area contributed by atoms with E-state index in [9.17, 15) is 4.79 Å². The second kappa shape index (κ2) is 7.28. The summed E-state index contributed by atoms with van der Waals surface area (Å²) in [6.07, 6.45) is 1.52. The number of carbonyl (C=O) groups excluding carboxylic acids is 1. The lowest BCUT2D eigenvalue weighted by atomic mass is 10.3. The molecule has 1 heterocycles. The van der Waals surface area contributed by atoms with E-state index in [-0.39, 0.29) is 12.5 Å². The predicted molar refractivity (Wildman–Crippen MR) is 82.0 cm³/mol. The number of carbonyl (C=O) groups is 1. The maximum Gasteiger partial charge on any atom is 0.277 e. The minimum Gasteiger partial charge on any atom is -0.484 e. The number of hydrogen-bond acceptors (Lipinski definition) is 4. The second-order valence-corrected chi connectivity index (χ2v) is 5.86. The molecule has 20 heavy (non-hydrogen) atoms. The van der Waals surface area contributed by atoms with Gasteiger partial charge in [-0.05, 0) is 36.4 Å². The minimum absolute atomic E-state index is 0.121. The van der Waals surface area contributed by atoms with Crippen molar-refractivity contribution >= 4 is 46.7 Å². The Labute approximate surface area is 130 Å². The van der Waals surface area contributed by atoms with Crippen LogP contribution in [0.15, 0.2) is 41.5 Å². The Balaban J connectivity index is 1.75. The van der Waals surface area contributed by atoms with Crippen molar-refractivity contribution in [3.63, 3.8) is 0 Å². The molecule has 0 unspecified atom stereocenters. The van der Waals surface area contributed by atoms with E-state index in [1.54, 1.807) is 30.3 Å². The number of nitrogens with zero attached hydrogens (tertiary/aromatic N) is 1. The van der Waals surface area contributed by atoms with Crippen molar-refractivity contribution in [3.05, 3.63) is 50.6 Å². The summed E-state index contributed by atoms with van der Waals surface area (Å²) >= 11 is 12.9. The summed E-state index contributed by atoms with van der Waals surface area (Å²) in [6, 6.07) is 10.3. The summed E-state index contributed by atoms with van der Waals surface area (Å²) in [6.45, 7) is -0.121. The molecule has 0 aliphatic carbocycles. The normalized spacial score (nSPS) is 10.7. The molecule has 2 aromatic rings. The number of thiophene rings is 1. The van der Waals surface area contributed by atoms with Crippen molar-refractivity contribution in [2.75, 3.05) is 6.61 Å². The van der Waals surface area contributed by atoms with Crippen LogP contribution >= 0.6 is 34.5 Å². The van der Waals surface area contributed by atoms with Gasteiger partial charge >= 0.3 is 0 Å². The number of benzene rings is 1. The third-order valence-corrected chi connectivity index (χ3v) is 3.58. The van der Waals surface area contributed by atoms with Crippen molar-refractivity contribution in [1.82, 2.24) is 5.43 Å². The Morgan fingerprint density at radius 2 is 2.00 bits per heavy atom. The van der Waals surface area contributed by atoms with E-state index in [4.69, 9.17) is 27.9 Å². The Hall–Kier alpha value is -1.56. The molecule has 0 saturated heterocycles. The van der Waals surface area contributed by atoms with E-state index in [1.165, 1.54) is 17.6 Å². The van der Waals surface area contributed by atoms with Gasteiger partial charge in [0, 0.05) is 9.90 Å². The molecule has 4 nitrogen and oxygen atoms in total. The summed E-state index contributed by atoms with van der Waals surface area (Å²) in [5.74, 6) is 0.220. The van der Waals surface area contributed by atoms with Gasteiger partial charge in [0.1, 0.15) is 5.75 Å². The van der Waals surface area contributed by atoms with Crippen LogP contribution in [-0.2, 0) is 4.79 Å². The summed E-state index contributed by atoms with van der Waals surface area (Å²) in [4.78, 5) is 12.3.